The molecule has 0 saturated heterocycles. The third-order valence-electron chi connectivity index (χ3n) is 9.04. The SMILES string of the molecule is CCCCCCCCCCC[n+]1ncc(N)c2cc(N=Nc3ccc4c(c3)c(N)cn[n+]4CCCCCCCCCCC)ccc21. The zero-order valence-corrected chi connectivity index (χ0v) is 28.6. The van der Waals surface area contributed by atoms with Crippen LogP contribution >= 0.6 is 0 Å². The highest BCUT2D eigenvalue weighted by atomic mass is 15.3. The predicted octanol–water partition coefficient (Wildman–Crippen LogP) is 10.00. The summed E-state index contributed by atoms with van der Waals surface area (Å²) in [5.74, 6) is 0. The first kappa shape index (κ1) is 35.2. The summed E-state index contributed by atoms with van der Waals surface area (Å²) in [5.41, 5.74) is 17.6. The molecule has 4 N–H and O–H groups in total. The molecule has 8 heteroatoms. The third-order valence-corrected chi connectivity index (χ3v) is 9.04. The molecule has 0 saturated carbocycles. The van der Waals surface area contributed by atoms with Gasteiger partial charge in [-0.25, -0.2) is 0 Å². The molecule has 0 radical (unpaired) electrons. The molecule has 4 rings (SSSR count). The van der Waals surface area contributed by atoms with Crippen LogP contribution in [0.4, 0.5) is 22.7 Å². The van der Waals surface area contributed by atoms with E-state index in [0.29, 0.717) is 11.4 Å². The molecular weight excluding hydrogens is 568 g/mol. The number of hydrogen-bond donors (Lipinski definition) is 2. The summed E-state index contributed by atoms with van der Waals surface area (Å²) >= 11 is 0. The average molecular weight is 627 g/mol. The maximum atomic E-state index is 6.35. The fourth-order valence-corrected chi connectivity index (χ4v) is 6.23. The van der Waals surface area contributed by atoms with E-state index in [4.69, 9.17) is 11.5 Å². The van der Waals surface area contributed by atoms with Crippen molar-refractivity contribution in [2.45, 2.75) is 143 Å². The van der Waals surface area contributed by atoms with Gasteiger partial charge >= 0.3 is 0 Å². The van der Waals surface area contributed by atoms with Gasteiger partial charge in [-0.15, -0.1) is 0 Å². The molecule has 0 aliphatic heterocycles. The van der Waals surface area contributed by atoms with Crippen LogP contribution in [0.25, 0.3) is 21.8 Å². The van der Waals surface area contributed by atoms with Gasteiger partial charge in [0.1, 0.15) is 12.4 Å². The van der Waals surface area contributed by atoms with Crippen molar-refractivity contribution in [2.75, 3.05) is 11.5 Å². The molecule has 46 heavy (non-hydrogen) atoms. The Kier molecular flexibility index (Phi) is 15.1. The number of nitrogen functional groups attached to an aromatic ring is 2. The van der Waals surface area contributed by atoms with E-state index in [1.54, 1.807) is 12.4 Å². The Hall–Kier alpha value is -3.68. The minimum atomic E-state index is 0.651. The molecule has 8 nitrogen and oxygen atoms in total. The average Bonchev–Trinajstić information content (AvgIpc) is 3.07. The predicted molar refractivity (Wildman–Crippen MR) is 191 cm³/mol. The molecule has 0 fully saturated rings. The number of nitrogens with zero attached hydrogens (tertiary/aromatic N) is 6. The number of aryl methyl sites for hydroxylation is 2. The molecule has 2 aromatic heterocycles. The van der Waals surface area contributed by atoms with Crippen LogP contribution in [0, 0.1) is 0 Å². The first-order valence-electron chi connectivity index (χ1n) is 18.2. The smallest absolute Gasteiger partial charge is 0.241 e. The van der Waals surface area contributed by atoms with Gasteiger partial charge in [-0.1, -0.05) is 113 Å². The van der Waals surface area contributed by atoms with Crippen LogP contribution in [-0.4, -0.2) is 10.2 Å². The molecule has 248 valence electrons. The number of aromatic nitrogens is 4. The van der Waals surface area contributed by atoms with Crippen molar-refractivity contribution in [3.8, 4) is 0 Å². The van der Waals surface area contributed by atoms with Crippen LogP contribution in [0.3, 0.4) is 0 Å². The number of nitrogens with two attached hydrogens (primary N) is 2. The number of anilines is 2. The Morgan fingerprint density at radius 1 is 0.500 bits per heavy atom. The van der Waals surface area contributed by atoms with Gasteiger partial charge in [-0.2, -0.15) is 10.2 Å². The lowest BCUT2D eigenvalue weighted by Crippen LogP contribution is -2.38. The van der Waals surface area contributed by atoms with Gasteiger partial charge in [0.2, 0.25) is 11.0 Å². The molecular formula is C38H58N8+2. The van der Waals surface area contributed by atoms with Crippen molar-refractivity contribution in [3.05, 3.63) is 48.8 Å². The summed E-state index contributed by atoms with van der Waals surface area (Å²) in [5, 5.41) is 20.2. The normalized spacial score (nSPS) is 11.8. The molecule has 0 bridgehead atoms. The van der Waals surface area contributed by atoms with Crippen molar-refractivity contribution < 1.29 is 9.36 Å². The van der Waals surface area contributed by atoms with Crippen molar-refractivity contribution >= 4 is 44.6 Å². The Morgan fingerprint density at radius 2 is 0.848 bits per heavy atom. The number of unbranched alkanes of at least 4 members (excludes halogenated alkanes) is 16. The largest absolute Gasteiger partial charge is 0.397 e. The van der Waals surface area contributed by atoms with Gasteiger partial charge in [0.05, 0.1) is 33.5 Å². The highest BCUT2D eigenvalue weighted by Gasteiger charge is 2.15. The number of benzene rings is 2. The van der Waals surface area contributed by atoms with Gasteiger partial charge in [0, 0.05) is 25.0 Å². The first-order valence-corrected chi connectivity index (χ1v) is 18.2. The minimum absolute atomic E-state index is 0.651. The highest BCUT2D eigenvalue weighted by molar-refractivity contribution is 5.90. The van der Waals surface area contributed by atoms with Crippen LogP contribution in [0.5, 0.6) is 0 Å². The van der Waals surface area contributed by atoms with Crippen molar-refractivity contribution in [1.29, 1.82) is 0 Å². The van der Waals surface area contributed by atoms with E-state index in [0.717, 1.165) is 59.1 Å². The number of rotatable bonds is 22. The molecule has 0 aliphatic carbocycles. The number of hydrogen-bond acceptors (Lipinski definition) is 6. The molecule has 0 aliphatic rings. The Morgan fingerprint density at radius 3 is 1.22 bits per heavy atom. The lowest BCUT2D eigenvalue weighted by Gasteiger charge is -2.04. The standard InChI is InChI=1S/C38H56N8/c1-3-5-7-9-11-13-15-17-19-25-45-37-23-21-31(27-33(37)35(39)29-41-45)43-44-32-22-24-38-34(28-32)36(40)30-42-46(38)26-20-18-16-14-12-10-8-6-4-2/h21-24,27-30,39-40H,3-20,25-26H2,1-2H3/p+2. The van der Waals surface area contributed by atoms with Crippen LogP contribution in [0.1, 0.15) is 129 Å². The summed E-state index contributed by atoms with van der Waals surface area (Å²) in [6.45, 7) is 6.32. The fraction of sp³-hybridized carbons (Fsp3) is 0.579. The Labute approximate surface area is 276 Å². The lowest BCUT2D eigenvalue weighted by atomic mass is 10.1. The van der Waals surface area contributed by atoms with Gasteiger partial charge in [0.25, 0.3) is 0 Å². The molecule has 4 aromatic rings. The van der Waals surface area contributed by atoms with Crippen molar-refractivity contribution in [3.63, 3.8) is 0 Å². The van der Waals surface area contributed by atoms with E-state index < -0.39 is 0 Å². The molecule has 0 unspecified atom stereocenters. The van der Waals surface area contributed by atoms with Crippen molar-refractivity contribution in [2.24, 2.45) is 10.2 Å². The van der Waals surface area contributed by atoms with Crippen LogP contribution < -0.4 is 20.8 Å². The zero-order valence-electron chi connectivity index (χ0n) is 28.6. The van der Waals surface area contributed by atoms with Gasteiger partial charge in [-0.3, -0.25) is 0 Å². The molecule has 0 amide bonds. The zero-order chi connectivity index (χ0) is 32.4. The summed E-state index contributed by atoms with van der Waals surface area (Å²) < 4.78 is 4.13. The summed E-state index contributed by atoms with van der Waals surface area (Å²) in [7, 11) is 0. The lowest BCUT2D eigenvalue weighted by molar-refractivity contribution is -0.730. The fourth-order valence-electron chi connectivity index (χ4n) is 6.23. The van der Waals surface area contributed by atoms with Gasteiger partial charge in [-0.05, 0) is 47.3 Å². The monoisotopic (exact) mass is 626 g/mol. The van der Waals surface area contributed by atoms with E-state index in [1.165, 1.54) is 103 Å². The van der Waals surface area contributed by atoms with E-state index in [-0.39, 0.29) is 0 Å². The molecule has 2 heterocycles. The molecule has 2 aromatic carbocycles. The summed E-state index contributed by atoms with van der Waals surface area (Å²) in [4.78, 5) is 0. The Bertz CT molecular complexity index is 1400. The number of azo groups is 1. The van der Waals surface area contributed by atoms with E-state index in [1.807, 2.05) is 24.3 Å². The summed E-state index contributed by atoms with van der Waals surface area (Å²) in [6.07, 6.45) is 27.0. The maximum absolute atomic E-state index is 6.35. The number of fused-ring (bicyclic) bond motifs is 2. The highest BCUT2D eigenvalue weighted by Crippen LogP contribution is 2.27. The second-order valence-corrected chi connectivity index (χ2v) is 12.9. The third kappa shape index (κ3) is 11.0. The minimum Gasteiger partial charge on any atom is -0.397 e. The molecule has 0 spiro atoms. The van der Waals surface area contributed by atoms with Crippen LogP contribution in [0.15, 0.2) is 59.0 Å². The van der Waals surface area contributed by atoms with E-state index in [9.17, 15) is 0 Å². The second-order valence-electron chi connectivity index (χ2n) is 12.9. The van der Waals surface area contributed by atoms with Crippen LogP contribution in [-0.2, 0) is 13.1 Å². The second kappa shape index (κ2) is 19.7. The van der Waals surface area contributed by atoms with Gasteiger partial charge < -0.3 is 11.5 Å². The Balaban J connectivity index is 1.32. The summed E-state index contributed by atoms with van der Waals surface area (Å²) in [6, 6.07) is 12.1. The maximum Gasteiger partial charge on any atom is 0.241 e. The van der Waals surface area contributed by atoms with E-state index in [2.05, 4.69) is 55.8 Å². The van der Waals surface area contributed by atoms with Crippen molar-refractivity contribution in [1.82, 2.24) is 10.2 Å². The molecule has 0 atom stereocenters. The first-order chi connectivity index (χ1) is 22.6. The topological polar surface area (TPSA) is 110 Å². The van der Waals surface area contributed by atoms with Crippen LogP contribution in [0.2, 0.25) is 0 Å². The quantitative estimate of drug-likeness (QED) is 0.0514. The van der Waals surface area contributed by atoms with E-state index >= 15 is 0 Å². The van der Waals surface area contributed by atoms with Gasteiger partial charge in [0.15, 0.2) is 13.1 Å².